The lowest BCUT2D eigenvalue weighted by Gasteiger charge is -2.43. The number of methoxy groups -OCH3 is 2. The van der Waals surface area contributed by atoms with Crippen LogP contribution in [0.1, 0.15) is 52.9 Å². The molecule has 0 aliphatic carbocycles. The molecule has 0 amide bonds. The van der Waals surface area contributed by atoms with E-state index >= 15 is 0 Å². The van der Waals surface area contributed by atoms with E-state index in [-0.39, 0.29) is 18.3 Å². The van der Waals surface area contributed by atoms with Gasteiger partial charge in [0.15, 0.2) is 5.79 Å². The summed E-state index contributed by atoms with van der Waals surface area (Å²) in [5.74, 6) is 0.167. The number of unbranched alkanes of at least 4 members (excludes halogenated alkanes) is 1. The van der Waals surface area contributed by atoms with E-state index in [9.17, 15) is 0 Å². The van der Waals surface area contributed by atoms with Crippen LogP contribution in [-0.2, 0) is 14.2 Å². The van der Waals surface area contributed by atoms with Crippen molar-refractivity contribution < 1.29 is 18.9 Å². The van der Waals surface area contributed by atoms with Crippen LogP contribution in [0, 0.1) is 0 Å². The van der Waals surface area contributed by atoms with Crippen LogP contribution in [0.15, 0.2) is 54.1 Å². The molecule has 4 nitrogen and oxygen atoms in total. The van der Waals surface area contributed by atoms with E-state index in [1.807, 2.05) is 13.0 Å². The van der Waals surface area contributed by atoms with Gasteiger partial charge in [-0.15, -0.1) is 0 Å². The first-order chi connectivity index (χ1) is 14.5. The van der Waals surface area contributed by atoms with Crippen molar-refractivity contribution in [2.24, 2.45) is 0 Å². The Balaban J connectivity index is 1.88. The fourth-order valence-electron chi connectivity index (χ4n) is 4.12. The highest BCUT2D eigenvalue weighted by atomic mass is 16.7. The fourth-order valence-corrected chi connectivity index (χ4v) is 4.12. The largest absolute Gasteiger partial charge is 0.484 e. The molecule has 0 saturated carbocycles. The molecule has 4 heteroatoms. The SMILES string of the molecule is CCCC/C(C)=C/[C@@H](Oc1ccc2ccccc2c1)[C@@H]1C[C@H](OC)C[C@@](C)(OC)O1. The summed E-state index contributed by atoms with van der Waals surface area (Å²) < 4.78 is 24.3. The molecule has 164 valence electrons. The van der Waals surface area contributed by atoms with Crippen molar-refractivity contribution in [2.75, 3.05) is 14.2 Å². The molecular formula is C26H36O4. The third-order valence-corrected chi connectivity index (χ3v) is 5.99. The second-order valence-electron chi connectivity index (χ2n) is 8.50. The molecule has 30 heavy (non-hydrogen) atoms. The highest BCUT2D eigenvalue weighted by Gasteiger charge is 2.42. The van der Waals surface area contributed by atoms with E-state index in [1.54, 1.807) is 14.2 Å². The van der Waals surface area contributed by atoms with Gasteiger partial charge in [-0.2, -0.15) is 0 Å². The smallest absolute Gasteiger partial charge is 0.168 e. The standard InChI is InChI=1S/C26H36O4/c1-6-7-10-19(2)15-24(25-17-23(27-4)18-26(3,28-5)30-25)29-22-14-13-20-11-8-9-12-21(20)16-22/h8-9,11-16,23-25H,6-7,10,17-18H2,1-5H3/b19-15+/t23-,24+,25-,26-/m0/s1. The van der Waals surface area contributed by atoms with Crippen molar-refractivity contribution in [3.63, 3.8) is 0 Å². The van der Waals surface area contributed by atoms with Gasteiger partial charge >= 0.3 is 0 Å². The predicted molar refractivity (Wildman–Crippen MR) is 122 cm³/mol. The Kier molecular flexibility index (Phi) is 7.93. The molecule has 0 radical (unpaired) electrons. The average Bonchev–Trinajstić information content (AvgIpc) is 2.76. The maximum absolute atomic E-state index is 6.53. The van der Waals surface area contributed by atoms with Crippen LogP contribution in [0.2, 0.25) is 0 Å². The number of fused-ring (bicyclic) bond motifs is 1. The summed E-state index contributed by atoms with van der Waals surface area (Å²) in [5, 5.41) is 2.37. The molecule has 1 aliphatic rings. The number of allylic oxidation sites excluding steroid dienone is 1. The zero-order valence-electron chi connectivity index (χ0n) is 19.0. The topological polar surface area (TPSA) is 36.9 Å². The molecule has 1 saturated heterocycles. The fraction of sp³-hybridized carbons (Fsp3) is 0.538. The molecule has 0 aromatic heterocycles. The van der Waals surface area contributed by atoms with Gasteiger partial charge in [0.05, 0.1) is 6.10 Å². The number of hydrogen-bond donors (Lipinski definition) is 0. The monoisotopic (exact) mass is 412 g/mol. The number of ether oxygens (including phenoxy) is 4. The molecular weight excluding hydrogens is 376 g/mol. The van der Waals surface area contributed by atoms with Gasteiger partial charge in [-0.3, -0.25) is 0 Å². The molecule has 2 aromatic rings. The zero-order chi connectivity index (χ0) is 21.6. The highest BCUT2D eigenvalue weighted by Crippen LogP contribution is 2.34. The van der Waals surface area contributed by atoms with Gasteiger partial charge in [0.25, 0.3) is 0 Å². The molecule has 0 bridgehead atoms. The van der Waals surface area contributed by atoms with Gasteiger partial charge in [0.2, 0.25) is 0 Å². The van der Waals surface area contributed by atoms with E-state index in [4.69, 9.17) is 18.9 Å². The Bertz CT molecular complexity index is 846. The first kappa shape index (κ1) is 22.8. The summed E-state index contributed by atoms with van der Waals surface area (Å²) in [7, 11) is 3.45. The summed E-state index contributed by atoms with van der Waals surface area (Å²) in [6, 6.07) is 14.6. The van der Waals surface area contributed by atoms with Crippen LogP contribution < -0.4 is 4.74 Å². The maximum Gasteiger partial charge on any atom is 0.168 e. The molecule has 4 atom stereocenters. The number of rotatable bonds is 9. The second-order valence-corrected chi connectivity index (χ2v) is 8.50. The van der Waals surface area contributed by atoms with E-state index < -0.39 is 5.79 Å². The Morgan fingerprint density at radius 3 is 2.67 bits per heavy atom. The van der Waals surface area contributed by atoms with Gasteiger partial charge in [-0.25, -0.2) is 0 Å². The summed E-state index contributed by atoms with van der Waals surface area (Å²) >= 11 is 0. The summed E-state index contributed by atoms with van der Waals surface area (Å²) in [4.78, 5) is 0. The Hall–Kier alpha value is -1.88. The van der Waals surface area contributed by atoms with Gasteiger partial charge in [-0.05, 0) is 55.7 Å². The first-order valence-electron chi connectivity index (χ1n) is 11.0. The molecule has 0 N–H and O–H groups in total. The summed E-state index contributed by atoms with van der Waals surface area (Å²) in [6.45, 7) is 6.37. The molecule has 0 unspecified atom stereocenters. The van der Waals surface area contributed by atoms with Crippen molar-refractivity contribution in [1.29, 1.82) is 0 Å². The third kappa shape index (κ3) is 5.84. The van der Waals surface area contributed by atoms with Crippen LogP contribution >= 0.6 is 0 Å². The van der Waals surface area contributed by atoms with Gasteiger partial charge in [0.1, 0.15) is 18.0 Å². The second kappa shape index (κ2) is 10.4. The lowest BCUT2D eigenvalue weighted by molar-refractivity contribution is -0.286. The number of benzene rings is 2. The van der Waals surface area contributed by atoms with Gasteiger partial charge in [-0.1, -0.05) is 49.2 Å². The first-order valence-corrected chi connectivity index (χ1v) is 11.0. The molecule has 2 aromatic carbocycles. The van der Waals surface area contributed by atoms with Crippen molar-refractivity contribution in [3.05, 3.63) is 54.1 Å². The zero-order valence-corrected chi connectivity index (χ0v) is 19.0. The Morgan fingerprint density at radius 2 is 1.97 bits per heavy atom. The van der Waals surface area contributed by atoms with Crippen LogP contribution in [0.3, 0.4) is 0 Å². The molecule has 1 aliphatic heterocycles. The normalized spacial score (nSPS) is 26.0. The summed E-state index contributed by atoms with van der Waals surface area (Å²) in [5.41, 5.74) is 1.32. The molecule has 0 spiro atoms. The average molecular weight is 413 g/mol. The van der Waals surface area contributed by atoms with Crippen LogP contribution in [0.25, 0.3) is 10.8 Å². The lowest BCUT2D eigenvalue weighted by atomic mass is 9.94. The molecule has 3 rings (SSSR count). The van der Waals surface area contributed by atoms with Crippen molar-refractivity contribution in [1.82, 2.24) is 0 Å². The Morgan fingerprint density at radius 1 is 1.20 bits per heavy atom. The quantitative estimate of drug-likeness (QED) is 0.454. The van der Waals surface area contributed by atoms with Gasteiger partial charge < -0.3 is 18.9 Å². The minimum atomic E-state index is -0.681. The van der Waals surface area contributed by atoms with E-state index in [0.29, 0.717) is 6.42 Å². The van der Waals surface area contributed by atoms with E-state index in [2.05, 4.69) is 56.3 Å². The minimum Gasteiger partial charge on any atom is -0.484 e. The van der Waals surface area contributed by atoms with Crippen molar-refractivity contribution in [2.45, 2.75) is 77.0 Å². The van der Waals surface area contributed by atoms with Crippen LogP contribution in [0.5, 0.6) is 5.75 Å². The van der Waals surface area contributed by atoms with Crippen molar-refractivity contribution in [3.8, 4) is 5.75 Å². The predicted octanol–water partition coefficient (Wildman–Crippen LogP) is 6.28. The lowest BCUT2D eigenvalue weighted by Crippen LogP contribution is -2.50. The van der Waals surface area contributed by atoms with E-state index in [1.165, 1.54) is 29.2 Å². The third-order valence-electron chi connectivity index (χ3n) is 5.99. The maximum atomic E-state index is 6.53. The minimum absolute atomic E-state index is 0.0701. The van der Waals surface area contributed by atoms with Crippen LogP contribution in [-0.4, -0.2) is 38.3 Å². The van der Waals surface area contributed by atoms with Crippen molar-refractivity contribution >= 4 is 10.8 Å². The highest BCUT2D eigenvalue weighted by molar-refractivity contribution is 5.83. The van der Waals surface area contributed by atoms with Crippen LogP contribution in [0.4, 0.5) is 0 Å². The summed E-state index contributed by atoms with van der Waals surface area (Å²) in [6.07, 6.45) is 6.82. The molecule has 1 heterocycles. The Labute approximate surface area is 181 Å². The van der Waals surface area contributed by atoms with E-state index in [0.717, 1.165) is 18.6 Å². The van der Waals surface area contributed by atoms with Gasteiger partial charge in [0, 0.05) is 27.1 Å². The molecule has 1 fully saturated rings. The number of hydrogen-bond acceptors (Lipinski definition) is 4.